The van der Waals surface area contributed by atoms with E-state index in [0.717, 1.165) is 22.9 Å². The lowest BCUT2D eigenvalue weighted by Gasteiger charge is -2.35. The molecule has 2 aromatic heterocycles. The fourth-order valence-electron chi connectivity index (χ4n) is 4.44. The monoisotopic (exact) mass is 400 g/mol. The molecule has 30 heavy (non-hydrogen) atoms. The Labute approximate surface area is 173 Å². The van der Waals surface area contributed by atoms with Crippen LogP contribution in [0.1, 0.15) is 43.7 Å². The SMILES string of the molecule is CC[C@H](C)[C@@H]1NC(=O)[C@@H](Cc2c[nH]c3ccccc23)n2c1nc1ccccc1c2=O. The van der Waals surface area contributed by atoms with Gasteiger partial charge in [-0.1, -0.05) is 50.6 Å². The molecule has 6 nitrogen and oxygen atoms in total. The maximum absolute atomic E-state index is 13.5. The highest BCUT2D eigenvalue weighted by Crippen LogP contribution is 2.32. The van der Waals surface area contributed by atoms with E-state index in [0.29, 0.717) is 23.1 Å². The van der Waals surface area contributed by atoms with Crippen LogP contribution in [0, 0.1) is 5.92 Å². The first-order chi connectivity index (χ1) is 14.6. The Kier molecular flexibility index (Phi) is 4.42. The smallest absolute Gasteiger partial charge is 0.262 e. The summed E-state index contributed by atoms with van der Waals surface area (Å²) in [4.78, 5) is 34.8. The largest absolute Gasteiger partial charge is 0.361 e. The zero-order valence-corrected chi connectivity index (χ0v) is 17.1. The number of fused-ring (bicyclic) bond motifs is 3. The van der Waals surface area contributed by atoms with E-state index in [2.05, 4.69) is 24.1 Å². The van der Waals surface area contributed by atoms with Crippen LogP contribution in [0.5, 0.6) is 0 Å². The van der Waals surface area contributed by atoms with Crippen molar-refractivity contribution >= 4 is 27.7 Å². The molecule has 6 heteroatoms. The molecule has 0 saturated carbocycles. The molecule has 5 rings (SSSR count). The van der Waals surface area contributed by atoms with Crippen LogP contribution in [0.25, 0.3) is 21.8 Å². The first-order valence-corrected chi connectivity index (χ1v) is 10.4. The molecule has 0 bridgehead atoms. The highest BCUT2D eigenvalue weighted by molar-refractivity contribution is 5.87. The van der Waals surface area contributed by atoms with E-state index >= 15 is 0 Å². The number of aromatic amines is 1. The second-order valence-corrected chi connectivity index (χ2v) is 8.11. The summed E-state index contributed by atoms with van der Waals surface area (Å²) in [6, 6.07) is 14.4. The highest BCUT2D eigenvalue weighted by atomic mass is 16.2. The first-order valence-electron chi connectivity index (χ1n) is 10.4. The zero-order chi connectivity index (χ0) is 20.8. The zero-order valence-electron chi connectivity index (χ0n) is 17.1. The van der Waals surface area contributed by atoms with Gasteiger partial charge >= 0.3 is 0 Å². The molecular weight excluding hydrogens is 376 g/mol. The van der Waals surface area contributed by atoms with Gasteiger partial charge in [0.1, 0.15) is 11.9 Å². The Morgan fingerprint density at radius 2 is 1.80 bits per heavy atom. The van der Waals surface area contributed by atoms with Crippen molar-refractivity contribution in [3.05, 3.63) is 76.5 Å². The molecule has 2 N–H and O–H groups in total. The third kappa shape index (κ3) is 2.83. The Hall–Kier alpha value is -3.41. The van der Waals surface area contributed by atoms with Gasteiger partial charge in [0.15, 0.2) is 0 Å². The lowest BCUT2D eigenvalue weighted by atomic mass is 9.93. The van der Waals surface area contributed by atoms with E-state index < -0.39 is 6.04 Å². The second kappa shape index (κ2) is 7.13. The third-order valence-electron chi connectivity index (χ3n) is 6.33. The van der Waals surface area contributed by atoms with Gasteiger partial charge in [-0.2, -0.15) is 0 Å². The summed E-state index contributed by atoms with van der Waals surface area (Å²) in [7, 11) is 0. The number of aromatic nitrogens is 3. The molecule has 0 fully saturated rings. The number of hydrogen-bond acceptors (Lipinski definition) is 3. The number of nitrogens with zero attached hydrogens (tertiary/aromatic N) is 2. The summed E-state index contributed by atoms with van der Waals surface area (Å²) in [5, 5.41) is 4.77. The van der Waals surface area contributed by atoms with E-state index in [1.165, 1.54) is 0 Å². The minimum atomic E-state index is -0.635. The quantitative estimate of drug-likeness (QED) is 0.546. The van der Waals surface area contributed by atoms with Crippen molar-refractivity contribution < 1.29 is 4.79 Å². The van der Waals surface area contributed by atoms with Crippen LogP contribution in [-0.2, 0) is 11.2 Å². The van der Waals surface area contributed by atoms with E-state index in [4.69, 9.17) is 4.98 Å². The van der Waals surface area contributed by atoms with Gasteiger partial charge in [-0.15, -0.1) is 0 Å². The Bertz CT molecular complexity index is 1320. The molecule has 0 spiro atoms. The van der Waals surface area contributed by atoms with E-state index in [9.17, 15) is 9.59 Å². The standard InChI is InChI=1S/C24H24N4O2/c1-3-14(2)21-22-26-19-11-7-5-9-17(19)24(30)28(22)20(23(29)27-21)12-15-13-25-18-10-6-4-8-16(15)18/h4-11,13-14,20-21,25H,3,12H2,1-2H3,(H,27,29)/t14-,20+,21-/m0/s1. The summed E-state index contributed by atoms with van der Waals surface area (Å²) >= 11 is 0. The topological polar surface area (TPSA) is 79.8 Å². The number of rotatable bonds is 4. The summed E-state index contributed by atoms with van der Waals surface area (Å²) < 4.78 is 1.64. The van der Waals surface area contributed by atoms with E-state index in [-0.39, 0.29) is 23.4 Å². The number of nitrogens with one attached hydrogen (secondary N) is 2. The first kappa shape index (κ1) is 18.6. The number of H-pyrrole nitrogens is 1. The minimum Gasteiger partial charge on any atom is -0.361 e. The van der Waals surface area contributed by atoms with Gasteiger partial charge in [0.05, 0.1) is 16.9 Å². The van der Waals surface area contributed by atoms with Crippen LogP contribution in [-0.4, -0.2) is 20.4 Å². The normalized spacial score (nSPS) is 19.6. The van der Waals surface area contributed by atoms with Crippen molar-refractivity contribution in [2.45, 2.75) is 38.8 Å². The number of hydrogen-bond donors (Lipinski definition) is 2. The van der Waals surface area contributed by atoms with Crippen LogP contribution < -0.4 is 10.9 Å². The van der Waals surface area contributed by atoms with E-state index in [1.54, 1.807) is 10.6 Å². The van der Waals surface area contributed by atoms with Gasteiger partial charge in [0.2, 0.25) is 5.91 Å². The van der Waals surface area contributed by atoms with Gasteiger partial charge in [-0.3, -0.25) is 14.2 Å². The average molecular weight is 400 g/mol. The lowest BCUT2D eigenvalue weighted by molar-refractivity contribution is -0.127. The van der Waals surface area contributed by atoms with Crippen molar-refractivity contribution in [3.63, 3.8) is 0 Å². The molecular formula is C24H24N4O2. The average Bonchev–Trinajstić information content (AvgIpc) is 3.18. The molecule has 0 radical (unpaired) electrons. The van der Waals surface area contributed by atoms with Crippen LogP contribution >= 0.6 is 0 Å². The van der Waals surface area contributed by atoms with E-state index in [1.807, 2.05) is 48.7 Å². The van der Waals surface area contributed by atoms with Crippen LogP contribution in [0.15, 0.2) is 59.5 Å². The van der Waals surface area contributed by atoms with Crippen molar-refractivity contribution in [1.82, 2.24) is 19.9 Å². The number of carbonyl (C=O) groups excluding carboxylic acids is 1. The molecule has 1 aliphatic heterocycles. The van der Waals surface area contributed by atoms with Crippen molar-refractivity contribution in [3.8, 4) is 0 Å². The number of carbonyl (C=O) groups is 1. The molecule has 0 aliphatic carbocycles. The van der Waals surface area contributed by atoms with Crippen LogP contribution in [0.3, 0.4) is 0 Å². The number of para-hydroxylation sites is 2. The fourth-order valence-corrected chi connectivity index (χ4v) is 4.44. The van der Waals surface area contributed by atoms with Gasteiger partial charge in [-0.25, -0.2) is 4.98 Å². The molecule has 0 unspecified atom stereocenters. The van der Waals surface area contributed by atoms with Crippen molar-refractivity contribution in [2.24, 2.45) is 5.92 Å². The maximum Gasteiger partial charge on any atom is 0.262 e. The highest BCUT2D eigenvalue weighted by Gasteiger charge is 2.37. The summed E-state index contributed by atoms with van der Waals surface area (Å²) in [5.74, 6) is 0.692. The molecule has 1 aliphatic rings. The molecule has 4 aromatic rings. The summed E-state index contributed by atoms with van der Waals surface area (Å²) in [6.45, 7) is 4.16. The minimum absolute atomic E-state index is 0.128. The predicted octanol–water partition coefficient (Wildman–Crippen LogP) is 3.88. The van der Waals surface area contributed by atoms with Crippen LogP contribution in [0.2, 0.25) is 0 Å². The maximum atomic E-state index is 13.5. The Balaban J connectivity index is 1.70. The predicted molar refractivity (Wildman–Crippen MR) is 117 cm³/mol. The molecule has 2 aromatic carbocycles. The molecule has 3 atom stereocenters. The molecule has 0 saturated heterocycles. The Morgan fingerprint density at radius 1 is 1.07 bits per heavy atom. The molecule has 1 amide bonds. The van der Waals surface area contributed by atoms with Gasteiger partial charge in [0.25, 0.3) is 5.56 Å². The number of benzene rings is 2. The van der Waals surface area contributed by atoms with Gasteiger partial charge in [-0.05, 0) is 29.7 Å². The summed E-state index contributed by atoms with van der Waals surface area (Å²) in [6.07, 6.45) is 3.23. The van der Waals surface area contributed by atoms with Gasteiger partial charge in [0, 0.05) is 23.5 Å². The van der Waals surface area contributed by atoms with Crippen LogP contribution in [0.4, 0.5) is 0 Å². The second-order valence-electron chi connectivity index (χ2n) is 8.11. The summed E-state index contributed by atoms with van der Waals surface area (Å²) in [5.41, 5.74) is 2.55. The fraction of sp³-hybridized carbons (Fsp3) is 0.292. The molecule has 152 valence electrons. The number of amides is 1. The van der Waals surface area contributed by atoms with Crippen molar-refractivity contribution in [2.75, 3.05) is 0 Å². The lowest BCUT2D eigenvalue weighted by Crippen LogP contribution is -2.50. The van der Waals surface area contributed by atoms with Gasteiger partial charge < -0.3 is 10.3 Å². The van der Waals surface area contributed by atoms with Crippen molar-refractivity contribution in [1.29, 1.82) is 0 Å². The molecule has 3 heterocycles. The Morgan fingerprint density at radius 3 is 2.60 bits per heavy atom. The third-order valence-corrected chi connectivity index (χ3v) is 6.33.